The van der Waals surface area contributed by atoms with Crippen molar-refractivity contribution in [2.75, 3.05) is 13.6 Å². The van der Waals surface area contributed by atoms with Gasteiger partial charge in [-0.15, -0.1) is 11.3 Å². The Morgan fingerprint density at radius 1 is 1.15 bits per heavy atom. The van der Waals surface area contributed by atoms with Gasteiger partial charge in [-0.05, 0) is 37.1 Å². The van der Waals surface area contributed by atoms with Crippen molar-refractivity contribution in [1.82, 2.24) is 5.32 Å². The van der Waals surface area contributed by atoms with Crippen LogP contribution >= 0.6 is 11.3 Å². The first kappa shape index (κ1) is 17.7. The van der Waals surface area contributed by atoms with Crippen molar-refractivity contribution in [3.05, 3.63) is 58.6 Å². The molecule has 5 N–H and O–H groups in total. The second-order valence-electron chi connectivity index (χ2n) is 7.53. The quantitative estimate of drug-likeness (QED) is 0.301. The first-order valence-electron chi connectivity index (χ1n) is 13.4. The summed E-state index contributed by atoms with van der Waals surface area (Å²) in [7, 11) is 1.74. The highest BCUT2D eigenvalue weighted by molar-refractivity contribution is 7.10. The molecule has 2 aromatic carbocycles. The first-order valence-corrected chi connectivity index (χ1v) is 11.3. The standard InChI is InChI=1S/C24H27NO8S/c1-25-11-10-17(18-7-4-12-34-18)31-15-8-9-16(14-6-3-2-5-13(14)15)32-24-21(28)19(26)20(27)22(33-24)23(29)30/h2-9,12,17,19-22,24-28H,10-11H2,1H3,(H,29,30)/t17-,19-,20-,21+,22-,24+/m0/s1/i2D,3D,5D,6D,8D,9D. The van der Waals surface area contributed by atoms with Crippen LogP contribution in [0.3, 0.4) is 0 Å². The summed E-state index contributed by atoms with van der Waals surface area (Å²) in [5, 5.41) is 44.2. The number of thiophene rings is 1. The molecule has 182 valence electrons. The smallest absolute Gasteiger partial charge is 0.335 e. The molecule has 0 amide bonds. The minimum Gasteiger partial charge on any atom is -0.484 e. The molecule has 0 spiro atoms. The van der Waals surface area contributed by atoms with E-state index in [2.05, 4.69) is 5.32 Å². The van der Waals surface area contributed by atoms with Crippen molar-refractivity contribution in [3.8, 4) is 11.5 Å². The summed E-state index contributed by atoms with van der Waals surface area (Å²) in [6, 6.07) is -0.217. The summed E-state index contributed by atoms with van der Waals surface area (Å²) in [5.74, 6) is -2.59. The van der Waals surface area contributed by atoms with E-state index in [-0.39, 0.29) is 16.5 Å². The number of aliphatic carboxylic acids is 1. The lowest BCUT2D eigenvalue weighted by Gasteiger charge is -2.38. The third-order valence-electron chi connectivity index (χ3n) is 5.26. The van der Waals surface area contributed by atoms with Crippen molar-refractivity contribution in [2.45, 2.75) is 43.2 Å². The van der Waals surface area contributed by atoms with Crippen molar-refractivity contribution in [3.63, 3.8) is 0 Å². The SMILES string of the molecule is [2H]c1c([2H])c([2H])c2c(O[C@@H](CCNC)c3cccs3)c([2H])c([2H])c(O[C@@H]3O[C@H](C(=O)O)[C@@H](O)[C@H](O)[C@H]3O)c2c1[2H]. The van der Waals surface area contributed by atoms with Crippen LogP contribution in [0.2, 0.25) is 0 Å². The van der Waals surface area contributed by atoms with Gasteiger partial charge in [-0.1, -0.05) is 30.2 Å². The molecule has 1 aromatic heterocycles. The maximum Gasteiger partial charge on any atom is 0.335 e. The Kier molecular flexibility index (Phi) is 5.55. The van der Waals surface area contributed by atoms with Crippen LogP contribution in [0.1, 0.15) is 25.6 Å². The highest BCUT2D eigenvalue weighted by Gasteiger charge is 2.48. The number of carbonyl (C=O) groups is 1. The molecule has 3 aromatic rings. The number of aliphatic hydroxyl groups is 3. The van der Waals surface area contributed by atoms with Gasteiger partial charge in [0.15, 0.2) is 6.10 Å². The predicted molar refractivity (Wildman–Crippen MR) is 125 cm³/mol. The van der Waals surface area contributed by atoms with Crippen LogP contribution in [0.5, 0.6) is 11.5 Å². The Morgan fingerprint density at radius 2 is 1.85 bits per heavy atom. The summed E-state index contributed by atoms with van der Waals surface area (Å²) in [6.45, 7) is 0.510. The summed E-state index contributed by atoms with van der Waals surface area (Å²) >= 11 is 1.39. The van der Waals surface area contributed by atoms with E-state index < -0.39 is 84.8 Å². The van der Waals surface area contributed by atoms with Gasteiger partial charge >= 0.3 is 5.97 Å². The molecule has 6 atom stereocenters. The molecular formula is C24H27NO8S. The third kappa shape index (κ3) is 5.02. The molecule has 1 aliphatic rings. The van der Waals surface area contributed by atoms with E-state index in [1.54, 1.807) is 13.1 Å². The van der Waals surface area contributed by atoms with Gasteiger partial charge in [-0.3, -0.25) is 0 Å². The van der Waals surface area contributed by atoms with Crippen LogP contribution in [0.15, 0.2) is 53.8 Å². The van der Waals surface area contributed by atoms with Gasteiger partial charge in [0.25, 0.3) is 0 Å². The highest BCUT2D eigenvalue weighted by Crippen LogP contribution is 2.38. The van der Waals surface area contributed by atoms with E-state index >= 15 is 0 Å². The van der Waals surface area contributed by atoms with Crippen molar-refractivity contribution in [2.24, 2.45) is 0 Å². The predicted octanol–water partition coefficient (Wildman–Crippen LogP) is 1.90. The van der Waals surface area contributed by atoms with E-state index in [9.17, 15) is 25.2 Å². The van der Waals surface area contributed by atoms with Gasteiger partial charge in [0.1, 0.15) is 35.9 Å². The number of aliphatic hydroxyl groups excluding tert-OH is 3. The Balaban J connectivity index is 1.91. The third-order valence-corrected chi connectivity index (χ3v) is 6.22. The molecular weight excluding hydrogens is 462 g/mol. The lowest BCUT2D eigenvalue weighted by molar-refractivity contribution is -0.270. The second kappa shape index (κ2) is 10.7. The molecule has 34 heavy (non-hydrogen) atoms. The maximum absolute atomic E-state index is 11.5. The molecule has 1 saturated heterocycles. The minimum absolute atomic E-state index is 0.270. The highest BCUT2D eigenvalue weighted by atomic mass is 32.1. The van der Waals surface area contributed by atoms with Crippen LogP contribution in [0.4, 0.5) is 0 Å². The minimum atomic E-state index is -2.02. The van der Waals surface area contributed by atoms with Crippen molar-refractivity contribution < 1.29 is 47.7 Å². The maximum atomic E-state index is 11.5. The zero-order valence-corrected chi connectivity index (χ0v) is 18.8. The second-order valence-corrected chi connectivity index (χ2v) is 8.50. The van der Waals surface area contributed by atoms with Crippen molar-refractivity contribution in [1.29, 1.82) is 0 Å². The summed E-state index contributed by atoms with van der Waals surface area (Å²) in [6.07, 6.45) is -10.3. The van der Waals surface area contributed by atoms with Gasteiger partial charge in [0.2, 0.25) is 6.29 Å². The normalized spacial score (nSPS) is 28.2. The summed E-state index contributed by atoms with van der Waals surface area (Å²) in [4.78, 5) is 12.3. The fourth-order valence-electron chi connectivity index (χ4n) is 3.49. The number of carboxylic acids is 1. The van der Waals surface area contributed by atoms with E-state index in [4.69, 9.17) is 22.4 Å². The van der Waals surface area contributed by atoms with E-state index in [1.165, 1.54) is 11.3 Å². The molecule has 0 saturated carbocycles. The van der Waals surface area contributed by atoms with E-state index in [0.717, 1.165) is 4.88 Å². The molecule has 9 nitrogen and oxygen atoms in total. The Labute approximate surface area is 208 Å². The number of benzene rings is 2. The zero-order chi connectivity index (χ0) is 29.5. The first-order chi connectivity index (χ1) is 18.9. The summed E-state index contributed by atoms with van der Waals surface area (Å²) < 4.78 is 67.8. The van der Waals surface area contributed by atoms with Crippen LogP contribution in [0, 0.1) is 0 Å². The molecule has 0 bridgehead atoms. The molecule has 1 aliphatic heterocycles. The van der Waals surface area contributed by atoms with Crippen LogP contribution in [-0.2, 0) is 9.53 Å². The fraction of sp³-hybridized carbons (Fsp3) is 0.375. The van der Waals surface area contributed by atoms with Gasteiger partial charge in [-0.2, -0.15) is 0 Å². The average Bonchev–Trinajstić information content (AvgIpc) is 3.46. The fourth-order valence-corrected chi connectivity index (χ4v) is 4.27. The van der Waals surface area contributed by atoms with E-state index in [1.807, 2.05) is 11.4 Å². The number of hydrogen-bond donors (Lipinski definition) is 5. The molecule has 10 heteroatoms. The number of carboxylic acid groups (broad SMARTS) is 1. The topological polar surface area (TPSA) is 138 Å². The number of hydrogen-bond acceptors (Lipinski definition) is 9. The molecule has 0 unspecified atom stereocenters. The lowest BCUT2D eigenvalue weighted by atomic mass is 9.99. The molecule has 2 heterocycles. The van der Waals surface area contributed by atoms with Gasteiger partial charge in [0.05, 0.1) is 8.22 Å². The zero-order valence-electron chi connectivity index (χ0n) is 23.9. The number of ether oxygens (including phenoxy) is 3. The number of fused-ring (bicyclic) bond motifs is 1. The van der Waals surface area contributed by atoms with Crippen molar-refractivity contribution >= 4 is 28.1 Å². The van der Waals surface area contributed by atoms with Crippen LogP contribution < -0.4 is 14.8 Å². The number of nitrogens with one attached hydrogen (secondary N) is 1. The largest absolute Gasteiger partial charge is 0.484 e. The summed E-state index contributed by atoms with van der Waals surface area (Å²) in [5.41, 5.74) is 0. The Bertz CT molecular complexity index is 1410. The average molecular weight is 496 g/mol. The monoisotopic (exact) mass is 495 g/mol. The molecule has 0 aliphatic carbocycles. The Morgan fingerprint density at radius 3 is 2.50 bits per heavy atom. The van der Waals surface area contributed by atoms with Crippen LogP contribution in [0.25, 0.3) is 10.8 Å². The van der Waals surface area contributed by atoms with Crippen LogP contribution in [-0.4, -0.2) is 70.7 Å². The van der Waals surface area contributed by atoms with Gasteiger partial charge in [0, 0.05) is 22.1 Å². The molecule has 1 fully saturated rings. The molecule has 0 radical (unpaired) electrons. The van der Waals surface area contributed by atoms with Gasteiger partial charge in [-0.25, -0.2) is 4.79 Å². The number of rotatable bonds is 9. The van der Waals surface area contributed by atoms with Gasteiger partial charge < -0.3 is 40.0 Å². The lowest BCUT2D eigenvalue weighted by Crippen LogP contribution is -2.61. The molecule has 4 rings (SSSR count). The van der Waals surface area contributed by atoms with E-state index in [0.29, 0.717) is 13.0 Å². The Hall–Kier alpha value is -2.73.